The van der Waals surface area contributed by atoms with E-state index in [1.165, 1.54) is 24.3 Å². The van der Waals surface area contributed by atoms with Gasteiger partial charge in [0.1, 0.15) is 5.82 Å². The summed E-state index contributed by atoms with van der Waals surface area (Å²) >= 11 is 0. The molecule has 126 valence electrons. The van der Waals surface area contributed by atoms with E-state index < -0.39 is 5.56 Å². The summed E-state index contributed by atoms with van der Waals surface area (Å²) < 4.78 is 13.1. The molecule has 24 heavy (non-hydrogen) atoms. The Balaban J connectivity index is 1.82. The maximum absolute atomic E-state index is 13.1. The molecule has 5 nitrogen and oxygen atoms in total. The SMILES string of the molecule is O=C(c1cc(O)[nH]c(=O)c1)N1CCCCC(c2ccc(F)cc2)C1. The summed E-state index contributed by atoms with van der Waals surface area (Å²) in [6.07, 6.45) is 2.78. The molecule has 1 aromatic carbocycles. The number of likely N-dealkylation sites (tertiary alicyclic amines) is 1. The molecule has 1 aliphatic rings. The first kappa shape index (κ1) is 16.2. The van der Waals surface area contributed by atoms with Crippen LogP contribution >= 0.6 is 0 Å². The predicted molar refractivity (Wildman–Crippen MR) is 87.6 cm³/mol. The molecule has 2 heterocycles. The molecule has 0 spiro atoms. The Labute approximate surface area is 138 Å². The Morgan fingerprint density at radius 2 is 1.96 bits per heavy atom. The van der Waals surface area contributed by atoms with Crippen LogP contribution in [-0.4, -0.2) is 34.0 Å². The topological polar surface area (TPSA) is 73.4 Å². The van der Waals surface area contributed by atoms with Crippen LogP contribution in [0.25, 0.3) is 0 Å². The van der Waals surface area contributed by atoms with E-state index in [4.69, 9.17) is 0 Å². The van der Waals surface area contributed by atoms with Crippen molar-refractivity contribution in [3.8, 4) is 5.88 Å². The zero-order valence-corrected chi connectivity index (χ0v) is 13.2. The second-order valence-electron chi connectivity index (χ2n) is 6.11. The number of halogens is 1. The Morgan fingerprint density at radius 1 is 1.21 bits per heavy atom. The second-order valence-corrected chi connectivity index (χ2v) is 6.11. The van der Waals surface area contributed by atoms with E-state index in [9.17, 15) is 19.1 Å². The van der Waals surface area contributed by atoms with Gasteiger partial charge in [0.05, 0.1) is 5.56 Å². The van der Waals surface area contributed by atoms with Crippen LogP contribution < -0.4 is 5.56 Å². The smallest absolute Gasteiger partial charge is 0.254 e. The number of nitrogens with one attached hydrogen (secondary N) is 1. The van der Waals surface area contributed by atoms with Crippen molar-refractivity contribution >= 4 is 5.91 Å². The van der Waals surface area contributed by atoms with Crippen molar-refractivity contribution in [1.82, 2.24) is 9.88 Å². The van der Waals surface area contributed by atoms with E-state index >= 15 is 0 Å². The average Bonchev–Trinajstić information content (AvgIpc) is 2.80. The lowest BCUT2D eigenvalue weighted by Gasteiger charge is -2.25. The van der Waals surface area contributed by atoms with Crippen LogP contribution in [0.5, 0.6) is 5.88 Å². The molecule has 1 atom stereocenters. The minimum atomic E-state index is -0.511. The van der Waals surface area contributed by atoms with Crippen molar-refractivity contribution in [2.24, 2.45) is 0 Å². The normalized spacial score (nSPS) is 18.2. The Bertz CT molecular complexity index is 786. The van der Waals surface area contributed by atoms with Gasteiger partial charge in [0.25, 0.3) is 11.5 Å². The molecule has 1 saturated heterocycles. The third-order valence-corrected chi connectivity index (χ3v) is 4.38. The fourth-order valence-corrected chi connectivity index (χ4v) is 3.17. The van der Waals surface area contributed by atoms with Gasteiger partial charge in [-0.2, -0.15) is 0 Å². The number of H-pyrrole nitrogens is 1. The van der Waals surface area contributed by atoms with Crippen molar-refractivity contribution in [3.05, 3.63) is 63.7 Å². The first-order valence-corrected chi connectivity index (χ1v) is 8.01. The third-order valence-electron chi connectivity index (χ3n) is 4.38. The first-order valence-electron chi connectivity index (χ1n) is 8.01. The van der Waals surface area contributed by atoms with E-state index in [0.717, 1.165) is 24.8 Å². The molecule has 2 aromatic rings. The third kappa shape index (κ3) is 3.64. The van der Waals surface area contributed by atoms with Gasteiger partial charge in [0.15, 0.2) is 5.88 Å². The molecule has 6 heteroatoms. The number of aromatic nitrogens is 1. The van der Waals surface area contributed by atoms with Crippen molar-refractivity contribution in [1.29, 1.82) is 0 Å². The second kappa shape index (κ2) is 6.86. The minimum Gasteiger partial charge on any atom is -0.494 e. The molecule has 0 aliphatic carbocycles. The van der Waals surface area contributed by atoms with Crippen molar-refractivity contribution < 1.29 is 14.3 Å². The van der Waals surface area contributed by atoms with Crippen LogP contribution in [0.4, 0.5) is 4.39 Å². The largest absolute Gasteiger partial charge is 0.494 e. The van der Waals surface area contributed by atoms with Crippen LogP contribution in [0.15, 0.2) is 41.2 Å². The molecule has 2 N–H and O–H groups in total. The monoisotopic (exact) mass is 330 g/mol. The van der Waals surface area contributed by atoms with Crippen LogP contribution in [0.2, 0.25) is 0 Å². The summed E-state index contributed by atoms with van der Waals surface area (Å²) in [5.41, 5.74) is 0.670. The molecular weight excluding hydrogens is 311 g/mol. The Hall–Kier alpha value is -2.63. The highest BCUT2D eigenvalue weighted by Crippen LogP contribution is 2.27. The van der Waals surface area contributed by atoms with Gasteiger partial charge in [-0.1, -0.05) is 18.6 Å². The molecular formula is C18H19FN2O3. The lowest BCUT2D eigenvalue weighted by molar-refractivity contribution is 0.0753. The standard InChI is InChI=1S/C18H19FN2O3/c19-15-6-4-12(5-7-15)13-3-1-2-8-21(11-13)18(24)14-9-16(22)20-17(23)10-14/h4-7,9-10,13H,1-3,8,11H2,(H2,20,22,23). The van der Waals surface area contributed by atoms with Gasteiger partial charge in [0.2, 0.25) is 0 Å². The van der Waals surface area contributed by atoms with Crippen molar-refractivity contribution in [3.63, 3.8) is 0 Å². The van der Waals surface area contributed by atoms with E-state index in [1.54, 1.807) is 17.0 Å². The summed E-state index contributed by atoms with van der Waals surface area (Å²) in [4.78, 5) is 28.1. The highest BCUT2D eigenvalue weighted by molar-refractivity contribution is 5.94. The van der Waals surface area contributed by atoms with Gasteiger partial charge < -0.3 is 10.0 Å². The lowest BCUT2D eigenvalue weighted by Crippen LogP contribution is -2.34. The molecule has 0 bridgehead atoms. The minimum absolute atomic E-state index is 0.132. The number of hydrogen-bond donors (Lipinski definition) is 2. The van der Waals surface area contributed by atoms with Gasteiger partial charge >= 0.3 is 0 Å². The number of nitrogens with zero attached hydrogens (tertiary/aromatic N) is 1. The molecule has 1 aromatic heterocycles. The van der Waals surface area contributed by atoms with Crippen molar-refractivity contribution in [2.75, 3.05) is 13.1 Å². The number of aromatic amines is 1. The van der Waals surface area contributed by atoms with E-state index in [1.807, 2.05) is 0 Å². The van der Waals surface area contributed by atoms with Crippen LogP contribution in [0.1, 0.15) is 41.1 Å². The molecule has 3 rings (SSSR count). The number of rotatable bonds is 2. The number of pyridine rings is 1. The predicted octanol–water partition coefficient (Wildman–Crippen LogP) is 2.63. The quantitative estimate of drug-likeness (QED) is 0.889. The van der Waals surface area contributed by atoms with Gasteiger partial charge in [-0.05, 0) is 30.5 Å². The lowest BCUT2D eigenvalue weighted by atomic mass is 9.94. The first-order chi connectivity index (χ1) is 11.5. The van der Waals surface area contributed by atoms with Crippen LogP contribution in [0.3, 0.4) is 0 Å². The zero-order chi connectivity index (χ0) is 17.1. The average molecular weight is 330 g/mol. The fraction of sp³-hybridized carbons (Fsp3) is 0.333. The summed E-state index contributed by atoms with van der Waals surface area (Å²) in [5.74, 6) is -0.742. The van der Waals surface area contributed by atoms with Gasteiger partial charge in [-0.3, -0.25) is 14.6 Å². The molecule has 0 saturated carbocycles. The number of hydrogen-bond acceptors (Lipinski definition) is 3. The highest BCUT2D eigenvalue weighted by atomic mass is 19.1. The van der Waals surface area contributed by atoms with E-state index in [2.05, 4.69) is 4.98 Å². The maximum atomic E-state index is 13.1. The summed E-state index contributed by atoms with van der Waals surface area (Å²) in [7, 11) is 0. The fourth-order valence-electron chi connectivity index (χ4n) is 3.17. The van der Waals surface area contributed by atoms with E-state index in [0.29, 0.717) is 13.1 Å². The Morgan fingerprint density at radius 3 is 2.67 bits per heavy atom. The molecule has 1 amide bonds. The highest BCUT2D eigenvalue weighted by Gasteiger charge is 2.24. The van der Waals surface area contributed by atoms with Crippen LogP contribution in [0, 0.1) is 5.82 Å². The number of benzene rings is 1. The number of carbonyl (C=O) groups excluding carboxylic acids is 1. The summed E-state index contributed by atoms with van der Waals surface area (Å²) in [5, 5.41) is 9.49. The van der Waals surface area contributed by atoms with Gasteiger partial charge in [-0.15, -0.1) is 0 Å². The number of aromatic hydroxyl groups is 1. The molecule has 0 radical (unpaired) electrons. The maximum Gasteiger partial charge on any atom is 0.254 e. The van der Waals surface area contributed by atoms with Gasteiger partial charge in [0, 0.05) is 31.1 Å². The summed E-state index contributed by atoms with van der Waals surface area (Å²) in [6, 6.07) is 8.84. The number of amides is 1. The molecule has 1 aliphatic heterocycles. The van der Waals surface area contributed by atoms with E-state index in [-0.39, 0.29) is 29.1 Å². The van der Waals surface area contributed by atoms with Gasteiger partial charge in [-0.25, -0.2) is 4.39 Å². The summed E-state index contributed by atoms with van der Waals surface area (Å²) in [6.45, 7) is 1.11. The molecule has 1 unspecified atom stereocenters. The number of carbonyl (C=O) groups is 1. The zero-order valence-electron chi connectivity index (χ0n) is 13.2. The van der Waals surface area contributed by atoms with Crippen LogP contribution in [-0.2, 0) is 0 Å². The Kier molecular flexibility index (Phi) is 4.64. The molecule has 1 fully saturated rings. The van der Waals surface area contributed by atoms with Crippen molar-refractivity contribution in [2.45, 2.75) is 25.2 Å².